The van der Waals surface area contributed by atoms with Gasteiger partial charge >= 0.3 is 0 Å². The van der Waals surface area contributed by atoms with Crippen molar-refractivity contribution >= 4 is 17.4 Å². The van der Waals surface area contributed by atoms with Crippen molar-refractivity contribution in [1.29, 1.82) is 0 Å². The molecule has 1 amide bonds. The van der Waals surface area contributed by atoms with Gasteiger partial charge in [-0.05, 0) is 49.1 Å². The first-order valence-electron chi connectivity index (χ1n) is 12.8. The van der Waals surface area contributed by atoms with E-state index in [2.05, 4.69) is 24.0 Å². The largest absolute Gasteiger partial charge is 0.503 e. The molecule has 1 unspecified atom stereocenters. The summed E-state index contributed by atoms with van der Waals surface area (Å²) in [5.74, 6) is 0.332. The molecule has 1 N–H and O–H groups in total. The zero-order valence-electron chi connectivity index (χ0n) is 21.3. The summed E-state index contributed by atoms with van der Waals surface area (Å²) in [6, 6.07) is 13.7. The first-order valence-corrected chi connectivity index (χ1v) is 12.8. The van der Waals surface area contributed by atoms with E-state index in [0.29, 0.717) is 41.2 Å². The monoisotopic (exact) mass is 501 g/mol. The molecule has 1 saturated carbocycles. The van der Waals surface area contributed by atoms with Gasteiger partial charge in [0.2, 0.25) is 11.7 Å². The number of benzene rings is 2. The molecule has 0 saturated heterocycles. The fourth-order valence-corrected chi connectivity index (χ4v) is 5.11. The quantitative estimate of drug-likeness (QED) is 0.420. The highest BCUT2D eigenvalue weighted by Crippen LogP contribution is 2.46. The smallest absolute Gasteiger partial charge is 0.294 e. The van der Waals surface area contributed by atoms with Gasteiger partial charge in [-0.1, -0.05) is 50.0 Å². The average molecular weight is 502 g/mol. The van der Waals surface area contributed by atoms with Gasteiger partial charge in [-0.25, -0.2) is 0 Å². The molecule has 0 radical (unpaired) electrons. The van der Waals surface area contributed by atoms with E-state index in [4.69, 9.17) is 9.26 Å². The lowest BCUT2D eigenvalue weighted by atomic mass is 9.88. The fraction of sp³-hybridized carbons (Fsp3) is 0.379. The summed E-state index contributed by atoms with van der Waals surface area (Å²) in [6.07, 6.45) is 3.47. The Morgan fingerprint density at radius 3 is 2.49 bits per heavy atom. The SMILES string of the molecule is Cc1nc(-c2ccc(N3C(=O)C(O)=C(C(=O)C4CCCC4)C3c3ccccc3OCC(C)C)cc2)no1. The lowest BCUT2D eigenvalue weighted by molar-refractivity contribution is -0.120. The Labute approximate surface area is 215 Å². The van der Waals surface area contributed by atoms with Crippen molar-refractivity contribution in [2.75, 3.05) is 11.5 Å². The molecular weight excluding hydrogens is 470 g/mol. The van der Waals surface area contributed by atoms with Gasteiger partial charge in [-0.3, -0.25) is 14.5 Å². The number of carbonyl (C=O) groups is 2. The fourth-order valence-electron chi connectivity index (χ4n) is 5.11. The predicted octanol–water partition coefficient (Wildman–Crippen LogP) is 5.74. The van der Waals surface area contributed by atoms with Gasteiger partial charge in [0, 0.05) is 29.7 Å². The van der Waals surface area contributed by atoms with Crippen molar-refractivity contribution in [1.82, 2.24) is 10.1 Å². The topological polar surface area (TPSA) is 106 Å². The minimum atomic E-state index is -0.803. The zero-order chi connectivity index (χ0) is 26.1. The molecule has 192 valence electrons. The highest BCUT2D eigenvalue weighted by Gasteiger charge is 2.47. The van der Waals surface area contributed by atoms with Gasteiger partial charge in [0.05, 0.1) is 18.2 Å². The van der Waals surface area contributed by atoms with Crippen molar-refractivity contribution in [2.24, 2.45) is 11.8 Å². The first kappa shape index (κ1) is 24.7. The first-order chi connectivity index (χ1) is 17.8. The number of amides is 1. The zero-order valence-corrected chi connectivity index (χ0v) is 21.3. The Morgan fingerprint density at radius 2 is 1.84 bits per heavy atom. The van der Waals surface area contributed by atoms with Gasteiger partial charge < -0.3 is 14.4 Å². The second-order valence-corrected chi connectivity index (χ2v) is 10.1. The van der Waals surface area contributed by atoms with Crippen LogP contribution in [0, 0.1) is 18.8 Å². The van der Waals surface area contributed by atoms with Crippen molar-refractivity contribution in [3.05, 3.63) is 71.3 Å². The number of aliphatic hydroxyl groups is 1. The number of para-hydroxylation sites is 1. The van der Waals surface area contributed by atoms with Gasteiger partial charge in [0.15, 0.2) is 11.5 Å². The van der Waals surface area contributed by atoms with E-state index >= 15 is 0 Å². The average Bonchev–Trinajstić information content (AvgIpc) is 3.64. The summed E-state index contributed by atoms with van der Waals surface area (Å²) in [6.45, 7) is 6.32. The normalized spacial score (nSPS) is 18.3. The van der Waals surface area contributed by atoms with E-state index in [1.807, 2.05) is 24.3 Å². The second-order valence-electron chi connectivity index (χ2n) is 10.1. The van der Waals surface area contributed by atoms with Crippen molar-refractivity contribution in [3.63, 3.8) is 0 Å². The molecule has 8 heteroatoms. The summed E-state index contributed by atoms with van der Waals surface area (Å²) in [5.41, 5.74) is 2.08. The molecule has 1 aromatic heterocycles. The molecular formula is C29H31N3O5. The third-order valence-corrected chi connectivity index (χ3v) is 6.92. The predicted molar refractivity (Wildman–Crippen MR) is 138 cm³/mol. The number of carbonyl (C=O) groups excluding carboxylic acids is 2. The number of hydrogen-bond acceptors (Lipinski definition) is 7. The van der Waals surface area contributed by atoms with Crippen molar-refractivity contribution in [2.45, 2.75) is 52.5 Å². The van der Waals surface area contributed by atoms with Gasteiger partial charge in [-0.2, -0.15) is 4.98 Å². The van der Waals surface area contributed by atoms with Crippen molar-refractivity contribution < 1.29 is 24.0 Å². The number of nitrogens with zero attached hydrogens (tertiary/aromatic N) is 3. The van der Waals surface area contributed by atoms with E-state index in [1.54, 1.807) is 31.2 Å². The standard InChI is InChI=1S/C29H31N3O5/c1-17(2)16-36-23-11-7-6-10-22(23)25-24(26(33)19-8-4-5-9-19)27(34)29(35)32(25)21-14-12-20(13-15-21)28-30-18(3)37-31-28/h6-7,10-15,17,19,25,34H,4-5,8-9,16H2,1-3H3. The summed E-state index contributed by atoms with van der Waals surface area (Å²) in [4.78, 5) is 33.0. The third kappa shape index (κ3) is 4.75. The summed E-state index contributed by atoms with van der Waals surface area (Å²) < 4.78 is 11.2. The van der Waals surface area contributed by atoms with Crippen LogP contribution >= 0.6 is 0 Å². The van der Waals surface area contributed by atoms with E-state index in [1.165, 1.54) is 4.90 Å². The Hall–Kier alpha value is -3.94. The number of anilines is 1. The van der Waals surface area contributed by atoms with Crippen LogP contribution < -0.4 is 9.64 Å². The summed E-state index contributed by atoms with van der Waals surface area (Å²) >= 11 is 0. The lowest BCUT2D eigenvalue weighted by Gasteiger charge is -2.29. The number of aliphatic hydroxyl groups excluding tert-OH is 1. The van der Waals surface area contributed by atoms with E-state index in [0.717, 1.165) is 31.2 Å². The molecule has 5 rings (SSSR count). The van der Waals surface area contributed by atoms with Crippen LogP contribution in [0.5, 0.6) is 5.75 Å². The molecule has 1 atom stereocenters. The number of ketones is 1. The molecule has 0 spiro atoms. The van der Waals surface area contributed by atoms with Crippen LogP contribution in [-0.2, 0) is 9.59 Å². The minimum Gasteiger partial charge on any atom is -0.503 e. The van der Waals surface area contributed by atoms with E-state index in [9.17, 15) is 14.7 Å². The Morgan fingerprint density at radius 1 is 1.14 bits per heavy atom. The molecule has 2 heterocycles. The number of rotatable bonds is 8. The number of Topliss-reactive ketones (excluding diaryl/α,β-unsaturated/α-hetero) is 1. The van der Waals surface area contributed by atoms with Crippen LogP contribution in [0.4, 0.5) is 5.69 Å². The number of aromatic nitrogens is 2. The van der Waals surface area contributed by atoms with Gasteiger partial charge in [-0.15, -0.1) is 0 Å². The van der Waals surface area contributed by atoms with Crippen LogP contribution in [0.2, 0.25) is 0 Å². The summed E-state index contributed by atoms with van der Waals surface area (Å²) in [5, 5.41) is 15.0. The molecule has 1 fully saturated rings. The molecule has 3 aromatic rings. The molecule has 1 aliphatic carbocycles. The van der Waals surface area contributed by atoms with Crippen LogP contribution in [0.25, 0.3) is 11.4 Å². The molecule has 0 bridgehead atoms. The van der Waals surface area contributed by atoms with E-state index < -0.39 is 17.7 Å². The van der Waals surface area contributed by atoms with Crippen LogP contribution in [0.3, 0.4) is 0 Å². The lowest BCUT2D eigenvalue weighted by Crippen LogP contribution is -2.32. The van der Waals surface area contributed by atoms with Crippen LogP contribution in [-0.4, -0.2) is 33.5 Å². The number of hydrogen-bond donors (Lipinski definition) is 1. The second kappa shape index (κ2) is 10.2. The molecule has 1 aliphatic heterocycles. The number of ether oxygens (including phenoxy) is 1. The van der Waals surface area contributed by atoms with E-state index in [-0.39, 0.29) is 17.3 Å². The number of aryl methyl sites for hydroxylation is 1. The minimum absolute atomic E-state index is 0.148. The molecule has 2 aliphatic rings. The van der Waals surface area contributed by atoms with Crippen LogP contribution in [0.1, 0.15) is 57.0 Å². The maximum Gasteiger partial charge on any atom is 0.294 e. The molecule has 2 aromatic carbocycles. The van der Waals surface area contributed by atoms with Gasteiger partial charge in [0.1, 0.15) is 5.75 Å². The maximum atomic E-state index is 13.7. The maximum absolute atomic E-state index is 13.7. The Kier molecular flexibility index (Phi) is 6.82. The van der Waals surface area contributed by atoms with Crippen LogP contribution in [0.15, 0.2) is 64.4 Å². The van der Waals surface area contributed by atoms with Crippen molar-refractivity contribution in [3.8, 4) is 17.1 Å². The Bertz CT molecular complexity index is 1340. The Balaban J connectivity index is 1.58. The third-order valence-electron chi connectivity index (χ3n) is 6.92. The highest BCUT2D eigenvalue weighted by atomic mass is 16.5. The summed E-state index contributed by atoms with van der Waals surface area (Å²) in [7, 11) is 0. The highest BCUT2D eigenvalue weighted by molar-refractivity contribution is 6.17. The molecule has 8 nitrogen and oxygen atoms in total. The van der Waals surface area contributed by atoms with Gasteiger partial charge in [0.25, 0.3) is 5.91 Å². The molecule has 37 heavy (non-hydrogen) atoms.